The highest BCUT2D eigenvalue weighted by molar-refractivity contribution is 5.20. The number of likely N-dealkylation sites (tertiary alicyclic amines) is 1. The van der Waals surface area contributed by atoms with E-state index in [1.165, 1.54) is 6.07 Å². The first-order valence-electron chi connectivity index (χ1n) is 7.44. The summed E-state index contributed by atoms with van der Waals surface area (Å²) in [5, 5.41) is 13.4. The number of halogens is 1. The molecule has 20 heavy (non-hydrogen) atoms. The zero-order valence-corrected chi connectivity index (χ0v) is 12.4. The number of nitrogens with one attached hydrogen (secondary N) is 1. The predicted molar refractivity (Wildman–Crippen MR) is 79.1 cm³/mol. The quantitative estimate of drug-likeness (QED) is 0.839. The van der Waals surface area contributed by atoms with E-state index in [9.17, 15) is 9.50 Å². The fraction of sp³-hybridized carbons (Fsp3) is 0.625. The highest BCUT2D eigenvalue weighted by Gasteiger charge is 2.31. The number of rotatable bonds is 6. The summed E-state index contributed by atoms with van der Waals surface area (Å²) >= 11 is 0. The van der Waals surface area contributed by atoms with Gasteiger partial charge in [-0.1, -0.05) is 19.1 Å². The average Bonchev–Trinajstić information content (AvgIpc) is 2.74. The van der Waals surface area contributed by atoms with Crippen LogP contribution in [0.5, 0.6) is 0 Å². The average molecular weight is 280 g/mol. The van der Waals surface area contributed by atoms with Crippen LogP contribution in [0.1, 0.15) is 38.3 Å². The Kier molecular flexibility index (Phi) is 5.13. The number of nitrogens with zero attached hydrogens (tertiary/aromatic N) is 1. The summed E-state index contributed by atoms with van der Waals surface area (Å²) in [5.41, 5.74) is 0.449. The van der Waals surface area contributed by atoms with E-state index in [0.29, 0.717) is 0 Å². The molecule has 1 aromatic carbocycles. The summed E-state index contributed by atoms with van der Waals surface area (Å²) in [6.45, 7) is 7.40. The van der Waals surface area contributed by atoms with E-state index in [4.69, 9.17) is 0 Å². The molecule has 2 atom stereocenters. The van der Waals surface area contributed by atoms with Gasteiger partial charge in [0.1, 0.15) is 5.82 Å². The van der Waals surface area contributed by atoms with Crippen LogP contribution in [0.15, 0.2) is 24.3 Å². The molecule has 3 nitrogen and oxygen atoms in total. The lowest BCUT2D eigenvalue weighted by Crippen LogP contribution is -2.32. The van der Waals surface area contributed by atoms with E-state index >= 15 is 0 Å². The van der Waals surface area contributed by atoms with E-state index in [-0.39, 0.29) is 11.9 Å². The SMILES string of the molecule is CCNC(CCN1CCC(C)(O)C1)c1cccc(F)c1. The lowest BCUT2D eigenvalue weighted by molar-refractivity contribution is 0.0683. The maximum atomic E-state index is 13.3. The van der Waals surface area contributed by atoms with Crippen molar-refractivity contribution in [2.45, 2.75) is 38.3 Å². The molecule has 0 aromatic heterocycles. The van der Waals surface area contributed by atoms with Gasteiger partial charge in [-0.2, -0.15) is 0 Å². The smallest absolute Gasteiger partial charge is 0.123 e. The van der Waals surface area contributed by atoms with Crippen molar-refractivity contribution in [2.75, 3.05) is 26.2 Å². The predicted octanol–water partition coefficient (Wildman–Crippen LogP) is 2.32. The van der Waals surface area contributed by atoms with Crippen LogP contribution < -0.4 is 5.32 Å². The minimum atomic E-state index is -0.549. The normalized spacial score (nSPS) is 25.0. The second-order valence-corrected chi connectivity index (χ2v) is 5.98. The van der Waals surface area contributed by atoms with Gasteiger partial charge in [0.05, 0.1) is 5.60 Å². The van der Waals surface area contributed by atoms with Gasteiger partial charge in [0.25, 0.3) is 0 Å². The van der Waals surface area contributed by atoms with Crippen LogP contribution in [0.25, 0.3) is 0 Å². The molecule has 112 valence electrons. The Hall–Kier alpha value is -0.970. The highest BCUT2D eigenvalue weighted by Crippen LogP contribution is 2.23. The van der Waals surface area contributed by atoms with Gasteiger partial charge in [-0.25, -0.2) is 4.39 Å². The highest BCUT2D eigenvalue weighted by atomic mass is 19.1. The standard InChI is InChI=1S/C16H25FN2O/c1-3-18-15(13-5-4-6-14(17)11-13)7-9-19-10-8-16(2,20)12-19/h4-6,11,15,18,20H,3,7-10,12H2,1-2H3. The molecule has 0 radical (unpaired) electrons. The molecule has 2 N–H and O–H groups in total. The molecule has 1 aliphatic rings. The van der Waals surface area contributed by atoms with Crippen molar-refractivity contribution < 1.29 is 9.50 Å². The zero-order valence-electron chi connectivity index (χ0n) is 12.4. The lowest BCUT2D eigenvalue weighted by atomic mass is 10.0. The van der Waals surface area contributed by atoms with Crippen molar-refractivity contribution >= 4 is 0 Å². The molecule has 1 aromatic rings. The van der Waals surface area contributed by atoms with E-state index < -0.39 is 5.60 Å². The second-order valence-electron chi connectivity index (χ2n) is 5.98. The molecular weight excluding hydrogens is 255 g/mol. The van der Waals surface area contributed by atoms with Crippen LogP contribution >= 0.6 is 0 Å². The molecule has 0 aliphatic carbocycles. The van der Waals surface area contributed by atoms with Crippen LogP contribution in [-0.2, 0) is 0 Å². The van der Waals surface area contributed by atoms with Gasteiger partial charge in [-0.05, 0) is 44.0 Å². The van der Waals surface area contributed by atoms with Gasteiger partial charge in [0, 0.05) is 25.7 Å². The first-order valence-corrected chi connectivity index (χ1v) is 7.44. The largest absolute Gasteiger partial charge is 0.389 e. The monoisotopic (exact) mass is 280 g/mol. The Labute approximate surface area is 120 Å². The Balaban J connectivity index is 1.93. The van der Waals surface area contributed by atoms with Crippen molar-refractivity contribution in [1.82, 2.24) is 10.2 Å². The number of hydrogen-bond acceptors (Lipinski definition) is 3. The Bertz CT molecular complexity index is 436. The third-order valence-electron chi connectivity index (χ3n) is 3.97. The number of hydrogen-bond donors (Lipinski definition) is 2. The van der Waals surface area contributed by atoms with Crippen molar-refractivity contribution in [3.8, 4) is 0 Å². The second kappa shape index (κ2) is 6.66. The zero-order chi connectivity index (χ0) is 14.6. The van der Waals surface area contributed by atoms with Gasteiger partial charge < -0.3 is 15.3 Å². The van der Waals surface area contributed by atoms with Crippen LogP contribution in [-0.4, -0.2) is 41.8 Å². The summed E-state index contributed by atoms with van der Waals surface area (Å²) < 4.78 is 13.3. The minimum Gasteiger partial charge on any atom is -0.389 e. The summed E-state index contributed by atoms with van der Waals surface area (Å²) in [5.74, 6) is -0.186. The van der Waals surface area contributed by atoms with Crippen LogP contribution in [0.3, 0.4) is 0 Å². The van der Waals surface area contributed by atoms with E-state index in [2.05, 4.69) is 17.1 Å². The number of β-amino-alcohol motifs (C(OH)–C–C–N with tert-alkyl or cyclic N) is 1. The molecule has 2 rings (SSSR count). The summed E-state index contributed by atoms with van der Waals surface area (Å²) in [7, 11) is 0. The van der Waals surface area contributed by atoms with Gasteiger partial charge in [0.15, 0.2) is 0 Å². The lowest BCUT2D eigenvalue weighted by Gasteiger charge is -2.23. The van der Waals surface area contributed by atoms with Gasteiger partial charge in [0.2, 0.25) is 0 Å². The molecule has 4 heteroatoms. The van der Waals surface area contributed by atoms with Gasteiger partial charge >= 0.3 is 0 Å². The molecule has 1 fully saturated rings. The maximum absolute atomic E-state index is 13.3. The molecular formula is C16H25FN2O. The molecule has 1 aliphatic heterocycles. The van der Waals surface area contributed by atoms with Crippen LogP contribution in [0.4, 0.5) is 4.39 Å². The fourth-order valence-corrected chi connectivity index (χ4v) is 2.90. The van der Waals surface area contributed by atoms with Gasteiger partial charge in [-0.15, -0.1) is 0 Å². The third kappa shape index (κ3) is 4.27. The fourth-order valence-electron chi connectivity index (χ4n) is 2.90. The molecule has 1 saturated heterocycles. The summed E-state index contributed by atoms with van der Waals surface area (Å²) in [6.07, 6.45) is 1.76. The van der Waals surface area contributed by atoms with Crippen LogP contribution in [0.2, 0.25) is 0 Å². The first-order chi connectivity index (χ1) is 9.50. The minimum absolute atomic E-state index is 0.168. The van der Waals surface area contributed by atoms with Gasteiger partial charge in [-0.3, -0.25) is 0 Å². The molecule has 0 bridgehead atoms. The third-order valence-corrected chi connectivity index (χ3v) is 3.97. The van der Waals surface area contributed by atoms with E-state index in [1.807, 2.05) is 13.0 Å². The van der Waals surface area contributed by atoms with E-state index in [0.717, 1.165) is 44.6 Å². The molecule has 0 spiro atoms. The van der Waals surface area contributed by atoms with Crippen LogP contribution in [0, 0.1) is 5.82 Å². The van der Waals surface area contributed by atoms with E-state index in [1.54, 1.807) is 12.1 Å². The summed E-state index contributed by atoms with van der Waals surface area (Å²) in [6, 6.07) is 6.98. The first kappa shape index (κ1) is 15.4. The van der Waals surface area contributed by atoms with Crippen molar-refractivity contribution in [2.24, 2.45) is 0 Å². The Morgan fingerprint density at radius 2 is 2.30 bits per heavy atom. The topological polar surface area (TPSA) is 35.5 Å². The number of benzene rings is 1. The number of aliphatic hydroxyl groups is 1. The molecule has 0 saturated carbocycles. The summed E-state index contributed by atoms with van der Waals surface area (Å²) in [4.78, 5) is 2.28. The Morgan fingerprint density at radius 3 is 2.90 bits per heavy atom. The molecule has 0 amide bonds. The van der Waals surface area contributed by atoms with Crippen molar-refractivity contribution in [1.29, 1.82) is 0 Å². The maximum Gasteiger partial charge on any atom is 0.123 e. The van der Waals surface area contributed by atoms with Crippen molar-refractivity contribution in [3.05, 3.63) is 35.6 Å². The Morgan fingerprint density at radius 1 is 1.50 bits per heavy atom. The molecule has 1 heterocycles. The molecule has 2 unspecified atom stereocenters. The van der Waals surface area contributed by atoms with Crippen molar-refractivity contribution in [3.63, 3.8) is 0 Å².